The fraction of sp³-hybridized carbons (Fsp3) is 0.333. The smallest absolute Gasteiger partial charge is 0.389 e. The van der Waals surface area contributed by atoms with Crippen LogP contribution in [0.4, 0.5) is 13.2 Å². The highest BCUT2D eigenvalue weighted by atomic mass is 19.4. The van der Waals surface area contributed by atoms with Crippen LogP contribution in [0.2, 0.25) is 0 Å². The van der Waals surface area contributed by atoms with Crippen LogP contribution in [-0.2, 0) is 11.2 Å². The summed E-state index contributed by atoms with van der Waals surface area (Å²) in [5.74, 6) is 0.144. The number of carbonyl (C=O) groups is 1. The first-order valence-electron chi connectivity index (χ1n) is 10.2. The molecule has 0 aliphatic carbocycles. The van der Waals surface area contributed by atoms with Gasteiger partial charge in [-0.15, -0.1) is 0 Å². The summed E-state index contributed by atoms with van der Waals surface area (Å²) in [6, 6.07) is 14.2. The van der Waals surface area contributed by atoms with Crippen molar-refractivity contribution in [3.63, 3.8) is 0 Å². The van der Waals surface area contributed by atoms with Crippen LogP contribution in [0.5, 0.6) is 5.75 Å². The SMILES string of the molecule is Cc1cc2c(c(-c3ccc4nc(C)ccc4c3)c1)O[C@H](CNC(=O)CCC(F)(F)F)C2. The molecular weight excluding hydrogens is 405 g/mol. The predicted molar refractivity (Wildman–Crippen MR) is 113 cm³/mol. The number of aromatic nitrogens is 1. The third-order valence-electron chi connectivity index (χ3n) is 5.34. The Hall–Kier alpha value is -3.09. The lowest BCUT2D eigenvalue weighted by Gasteiger charge is -2.14. The van der Waals surface area contributed by atoms with Gasteiger partial charge in [-0.05, 0) is 54.8 Å². The molecule has 4 rings (SSSR count). The highest BCUT2D eigenvalue weighted by Gasteiger charge is 2.29. The fourth-order valence-corrected chi connectivity index (χ4v) is 3.89. The van der Waals surface area contributed by atoms with E-state index in [2.05, 4.69) is 28.5 Å². The van der Waals surface area contributed by atoms with Crippen molar-refractivity contribution in [1.29, 1.82) is 0 Å². The summed E-state index contributed by atoms with van der Waals surface area (Å²) in [5.41, 5.74) is 5.98. The van der Waals surface area contributed by atoms with E-state index in [1.807, 2.05) is 38.1 Å². The molecule has 0 unspecified atom stereocenters. The Kier molecular flexibility index (Phi) is 5.60. The average Bonchev–Trinajstić information content (AvgIpc) is 3.12. The Morgan fingerprint density at radius 2 is 1.97 bits per heavy atom. The first kappa shape index (κ1) is 21.2. The molecule has 1 aliphatic heterocycles. The number of hydrogen-bond acceptors (Lipinski definition) is 3. The molecule has 0 bridgehead atoms. The molecule has 0 spiro atoms. The number of pyridine rings is 1. The van der Waals surface area contributed by atoms with Crippen molar-refractivity contribution in [2.45, 2.75) is 45.4 Å². The number of rotatable bonds is 5. The van der Waals surface area contributed by atoms with Crippen LogP contribution in [-0.4, -0.2) is 29.7 Å². The monoisotopic (exact) mass is 428 g/mol. The van der Waals surface area contributed by atoms with Crippen LogP contribution in [0.25, 0.3) is 22.0 Å². The molecule has 7 heteroatoms. The summed E-state index contributed by atoms with van der Waals surface area (Å²) < 4.78 is 43.0. The molecule has 2 aromatic carbocycles. The number of hydrogen-bond donors (Lipinski definition) is 1. The molecule has 0 fully saturated rings. The summed E-state index contributed by atoms with van der Waals surface area (Å²) in [6.07, 6.45) is -5.74. The van der Waals surface area contributed by atoms with Crippen LogP contribution in [0.3, 0.4) is 0 Å². The van der Waals surface area contributed by atoms with E-state index in [1.54, 1.807) is 0 Å². The molecule has 1 N–H and O–H groups in total. The molecule has 1 aliphatic rings. The number of alkyl halides is 3. The van der Waals surface area contributed by atoms with Gasteiger partial charge in [0.2, 0.25) is 5.91 Å². The average molecular weight is 428 g/mol. The van der Waals surface area contributed by atoms with E-state index >= 15 is 0 Å². The van der Waals surface area contributed by atoms with Gasteiger partial charge in [0.25, 0.3) is 0 Å². The zero-order valence-corrected chi connectivity index (χ0v) is 17.3. The summed E-state index contributed by atoms with van der Waals surface area (Å²) in [6.45, 7) is 4.14. The van der Waals surface area contributed by atoms with Crippen molar-refractivity contribution < 1.29 is 22.7 Å². The number of nitrogens with one attached hydrogen (secondary N) is 1. The molecule has 0 saturated heterocycles. The van der Waals surface area contributed by atoms with E-state index in [4.69, 9.17) is 4.74 Å². The molecule has 1 atom stereocenters. The second kappa shape index (κ2) is 8.21. The molecule has 4 nitrogen and oxygen atoms in total. The van der Waals surface area contributed by atoms with Gasteiger partial charge >= 0.3 is 6.18 Å². The second-order valence-electron chi connectivity index (χ2n) is 8.02. The number of benzene rings is 2. The summed E-state index contributed by atoms with van der Waals surface area (Å²) in [7, 11) is 0. The van der Waals surface area contributed by atoms with E-state index in [0.717, 1.165) is 44.6 Å². The van der Waals surface area contributed by atoms with Gasteiger partial charge < -0.3 is 10.1 Å². The predicted octanol–water partition coefficient (Wildman–Crippen LogP) is 5.28. The van der Waals surface area contributed by atoms with Gasteiger partial charge in [-0.25, -0.2) is 0 Å². The lowest BCUT2D eigenvalue weighted by atomic mass is 9.96. The van der Waals surface area contributed by atoms with E-state index in [-0.39, 0.29) is 12.6 Å². The second-order valence-corrected chi connectivity index (χ2v) is 8.02. The number of fused-ring (bicyclic) bond motifs is 2. The number of nitrogens with zero attached hydrogens (tertiary/aromatic N) is 1. The molecule has 1 amide bonds. The minimum Gasteiger partial charge on any atom is -0.487 e. The van der Waals surface area contributed by atoms with E-state index < -0.39 is 24.9 Å². The Labute approximate surface area is 178 Å². The Balaban J connectivity index is 1.51. The van der Waals surface area contributed by atoms with Gasteiger partial charge in [-0.1, -0.05) is 18.2 Å². The maximum Gasteiger partial charge on any atom is 0.389 e. The molecule has 162 valence electrons. The third kappa shape index (κ3) is 4.98. The van der Waals surface area contributed by atoms with Crippen LogP contribution in [0, 0.1) is 13.8 Å². The number of amides is 1. The van der Waals surface area contributed by atoms with Crippen molar-refractivity contribution in [1.82, 2.24) is 10.3 Å². The zero-order chi connectivity index (χ0) is 22.2. The molecule has 3 aromatic rings. The van der Waals surface area contributed by atoms with Crippen molar-refractivity contribution >= 4 is 16.8 Å². The standard InChI is InChI=1S/C24H23F3N2O2/c1-14-9-18-12-19(13-28-22(30)7-8-24(25,26)27)31-23(18)20(10-14)16-5-6-21-17(11-16)4-3-15(2)29-21/h3-6,9-11,19H,7-8,12-13H2,1-2H3,(H,28,30)/t19-/m0/s1. The lowest BCUT2D eigenvalue weighted by Crippen LogP contribution is -2.34. The highest BCUT2D eigenvalue weighted by Crippen LogP contribution is 2.40. The van der Waals surface area contributed by atoms with Crippen LogP contribution in [0.1, 0.15) is 29.7 Å². The van der Waals surface area contributed by atoms with Gasteiger partial charge in [-0.3, -0.25) is 9.78 Å². The topological polar surface area (TPSA) is 51.2 Å². The Morgan fingerprint density at radius 3 is 2.74 bits per heavy atom. The Morgan fingerprint density at radius 1 is 1.16 bits per heavy atom. The largest absolute Gasteiger partial charge is 0.487 e. The summed E-state index contributed by atoms with van der Waals surface area (Å²) >= 11 is 0. The first-order chi connectivity index (χ1) is 14.7. The van der Waals surface area contributed by atoms with E-state index in [9.17, 15) is 18.0 Å². The van der Waals surface area contributed by atoms with Crippen LogP contribution < -0.4 is 10.1 Å². The Bertz CT molecular complexity index is 1140. The minimum atomic E-state index is -4.34. The van der Waals surface area contributed by atoms with Gasteiger partial charge in [0, 0.05) is 29.5 Å². The third-order valence-corrected chi connectivity index (χ3v) is 5.34. The molecule has 2 heterocycles. The van der Waals surface area contributed by atoms with E-state index in [0.29, 0.717) is 6.42 Å². The lowest BCUT2D eigenvalue weighted by molar-refractivity contribution is -0.144. The molecule has 0 radical (unpaired) electrons. The highest BCUT2D eigenvalue weighted by molar-refractivity contribution is 5.86. The molecule has 1 aromatic heterocycles. The number of halogens is 3. The summed E-state index contributed by atoms with van der Waals surface area (Å²) in [5, 5.41) is 3.60. The maximum absolute atomic E-state index is 12.3. The number of aryl methyl sites for hydroxylation is 2. The maximum atomic E-state index is 12.3. The van der Waals surface area contributed by atoms with Crippen LogP contribution in [0.15, 0.2) is 42.5 Å². The molecule has 0 saturated carbocycles. The van der Waals surface area contributed by atoms with Gasteiger partial charge in [0.1, 0.15) is 11.9 Å². The fourth-order valence-electron chi connectivity index (χ4n) is 3.89. The van der Waals surface area contributed by atoms with Gasteiger partial charge in [0.15, 0.2) is 0 Å². The van der Waals surface area contributed by atoms with Crippen molar-refractivity contribution in [3.05, 3.63) is 59.3 Å². The first-order valence-corrected chi connectivity index (χ1v) is 10.2. The number of carbonyl (C=O) groups excluding carboxylic acids is 1. The van der Waals surface area contributed by atoms with Crippen molar-refractivity contribution in [2.75, 3.05) is 6.54 Å². The van der Waals surface area contributed by atoms with Crippen molar-refractivity contribution in [3.8, 4) is 16.9 Å². The van der Waals surface area contributed by atoms with Gasteiger partial charge in [-0.2, -0.15) is 13.2 Å². The number of ether oxygens (including phenoxy) is 1. The minimum absolute atomic E-state index is 0.171. The zero-order valence-electron chi connectivity index (χ0n) is 17.3. The van der Waals surface area contributed by atoms with Crippen LogP contribution >= 0.6 is 0 Å². The normalized spacial score (nSPS) is 15.6. The molecule has 31 heavy (non-hydrogen) atoms. The van der Waals surface area contributed by atoms with Gasteiger partial charge in [0.05, 0.1) is 18.5 Å². The molecular formula is C24H23F3N2O2. The quantitative estimate of drug-likeness (QED) is 0.602. The summed E-state index contributed by atoms with van der Waals surface area (Å²) in [4.78, 5) is 16.3. The van der Waals surface area contributed by atoms with Crippen molar-refractivity contribution in [2.24, 2.45) is 0 Å². The van der Waals surface area contributed by atoms with E-state index in [1.165, 1.54) is 0 Å².